The SMILES string of the molecule is Cc1nc2cc(-c3ccc4c(c3)CCCC4)nn2c(-c2ccc(F)cc2)c1CC(=O)O. The van der Waals surface area contributed by atoms with Crippen molar-refractivity contribution in [3.8, 4) is 22.5 Å². The van der Waals surface area contributed by atoms with Gasteiger partial charge in [-0.25, -0.2) is 13.9 Å². The number of aliphatic carboxylic acids is 1. The van der Waals surface area contributed by atoms with Crippen LogP contribution in [-0.4, -0.2) is 25.7 Å². The maximum Gasteiger partial charge on any atom is 0.307 e. The van der Waals surface area contributed by atoms with Crippen LogP contribution in [0.3, 0.4) is 0 Å². The van der Waals surface area contributed by atoms with Crippen LogP contribution >= 0.6 is 0 Å². The van der Waals surface area contributed by atoms with Gasteiger partial charge in [0.1, 0.15) is 5.82 Å². The minimum Gasteiger partial charge on any atom is -0.481 e. The van der Waals surface area contributed by atoms with E-state index in [-0.39, 0.29) is 12.2 Å². The highest BCUT2D eigenvalue weighted by molar-refractivity contribution is 5.78. The van der Waals surface area contributed by atoms with Crippen molar-refractivity contribution in [2.24, 2.45) is 0 Å². The van der Waals surface area contributed by atoms with Crippen LogP contribution in [0.4, 0.5) is 4.39 Å². The molecule has 0 fully saturated rings. The lowest BCUT2D eigenvalue weighted by atomic mass is 9.90. The van der Waals surface area contributed by atoms with Gasteiger partial charge in [0, 0.05) is 28.5 Å². The zero-order chi connectivity index (χ0) is 21.5. The molecule has 0 unspecified atom stereocenters. The number of fused-ring (bicyclic) bond motifs is 2. The zero-order valence-corrected chi connectivity index (χ0v) is 17.2. The summed E-state index contributed by atoms with van der Waals surface area (Å²) in [6.45, 7) is 1.80. The molecule has 2 aromatic heterocycles. The van der Waals surface area contributed by atoms with Crippen molar-refractivity contribution in [1.29, 1.82) is 0 Å². The number of carbonyl (C=O) groups is 1. The van der Waals surface area contributed by atoms with Crippen LogP contribution in [0.25, 0.3) is 28.2 Å². The number of carboxylic acids is 1. The van der Waals surface area contributed by atoms with Crippen molar-refractivity contribution in [1.82, 2.24) is 14.6 Å². The summed E-state index contributed by atoms with van der Waals surface area (Å²) in [4.78, 5) is 16.2. The van der Waals surface area contributed by atoms with Gasteiger partial charge in [0.05, 0.1) is 17.8 Å². The van der Waals surface area contributed by atoms with Gasteiger partial charge in [0.15, 0.2) is 5.65 Å². The van der Waals surface area contributed by atoms with Gasteiger partial charge in [-0.05, 0) is 74.1 Å². The van der Waals surface area contributed by atoms with E-state index in [2.05, 4.69) is 23.2 Å². The third-order valence-corrected chi connectivity index (χ3v) is 6.00. The number of rotatable bonds is 4. The summed E-state index contributed by atoms with van der Waals surface area (Å²) in [6.07, 6.45) is 4.45. The molecule has 0 radical (unpaired) electrons. The summed E-state index contributed by atoms with van der Waals surface area (Å²) in [6, 6.07) is 14.4. The van der Waals surface area contributed by atoms with Gasteiger partial charge >= 0.3 is 5.97 Å². The molecule has 1 N–H and O–H groups in total. The first kappa shape index (κ1) is 19.4. The van der Waals surface area contributed by atoms with E-state index in [9.17, 15) is 14.3 Å². The smallest absolute Gasteiger partial charge is 0.307 e. The number of hydrogen-bond donors (Lipinski definition) is 1. The monoisotopic (exact) mass is 415 g/mol. The van der Waals surface area contributed by atoms with Crippen LogP contribution in [-0.2, 0) is 24.1 Å². The molecule has 0 amide bonds. The first-order valence-corrected chi connectivity index (χ1v) is 10.5. The maximum atomic E-state index is 13.5. The molecule has 1 aliphatic carbocycles. The minimum absolute atomic E-state index is 0.185. The van der Waals surface area contributed by atoms with Gasteiger partial charge in [0.25, 0.3) is 0 Å². The van der Waals surface area contributed by atoms with Crippen molar-refractivity contribution in [3.05, 3.63) is 76.7 Å². The number of aryl methyl sites for hydroxylation is 3. The Kier molecular flexibility index (Phi) is 4.77. The Bertz CT molecular complexity index is 1310. The van der Waals surface area contributed by atoms with Crippen LogP contribution in [0.15, 0.2) is 48.5 Å². The number of halogens is 1. The molecular weight excluding hydrogens is 393 g/mol. The van der Waals surface area contributed by atoms with E-state index in [0.29, 0.717) is 28.2 Å². The van der Waals surface area contributed by atoms with Gasteiger partial charge in [-0.1, -0.05) is 12.1 Å². The van der Waals surface area contributed by atoms with E-state index < -0.39 is 5.97 Å². The molecule has 0 atom stereocenters. The highest BCUT2D eigenvalue weighted by Crippen LogP contribution is 2.31. The quantitative estimate of drug-likeness (QED) is 0.508. The summed E-state index contributed by atoms with van der Waals surface area (Å²) < 4.78 is 15.2. The highest BCUT2D eigenvalue weighted by Gasteiger charge is 2.20. The van der Waals surface area contributed by atoms with Crippen molar-refractivity contribution < 1.29 is 14.3 Å². The fourth-order valence-corrected chi connectivity index (χ4v) is 4.45. The standard InChI is InChI=1S/C25H22FN3O2/c1-15-21(13-24(30)31)25(17-8-10-20(26)11-9-17)29-23(27-15)14-22(28-29)19-7-6-16-4-2-3-5-18(16)12-19/h6-12,14H,2-5,13H2,1H3,(H,30,31). The Balaban J connectivity index is 1.71. The van der Waals surface area contributed by atoms with E-state index in [1.807, 2.05) is 6.07 Å². The van der Waals surface area contributed by atoms with Crippen molar-refractivity contribution in [2.75, 3.05) is 0 Å². The molecule has 0 saturated carbocycles. The van der Waals surface area contributed by atoms with Crippen LogP contribution in [0, 0.1) is 12.7 Å². The maximum absolute atomic E-state index is 13.5. The molecule has 2 heterocycles. The molecule has 5 nitrogen and oxygen atoms in total. The van der Waals surface area contributed by atoms with Crippen LogP contribution in [0.5, 0.6) is 0 Å². The molecule has 0 spiro atoms. The minimum atomic E-state index is -0.949. The lowest BCUT2D eigenvalue weighted by Gasteiger charge is -2.16. The summed E-state index contributed by atoms with van der Waals surface area (Å²) in [5.41, 5.74) is 7.77. The van der Waals surface area contributed by atoms with E-state index in [0.717, 1.165) is 24.1 Å². The van der Waals surface area contributed by atoms with Gasteiger partial charge in [-0.15, -0.1) is 0 Å². The van der Waals surface area contributed by atoms with Crippen molar-refractivity contribution in [3.63, 3.8) is 0 Å². The number of benzene rings is 2. The second-order valence-electron chi connectivity index (χ2n) is 8.09. The Labute approximate surface area is 179 Å². The predicted octanol–water partition coefficient (Wildman–Crippen LogP) is 5.02. The van der Waals surface area contributed by atoms with Crippen molar-refractivity contribution >= 4 is 11.6 Å². The topological polar surface area (TPSA) is 67.5 Å². The van der Waals surface area contributed by atoms with Gasteiger partial charge in [-0.3, -0.25) is 4.79 Å². The molecule has 4 aromatic rings. The van der Waals surface area contributed by atoms with Gasteiger partial charge in [0.2, 0.25) is 0 Å². The molecule has 0 aliphatic heterocycles. The van der Waals surface area contributed by atoms with Gasteiger partial charge < -0.3 is 5.11 Å². The average Bonchev–Trinajstić information content (AvgIpc) is 3.18. The Hall–Kier alpha value is -3.54. The molecule has 0 bridgehead atoms. The third kappa shape index (κ3) is 3.58. The van der Waals surface area contributed by atoms with E-state index >= 15 is 0 Å². The third-order valence-electron chi connectivity index (χ3n) is 6.00. The lowest BCUT2D eigenvalue weighted by molar-refractivity contribution is -0.136. The summed E-state index contributed by atoms with van der Waals surface area (Å²) in [5.74, 6) is -1.30. The second-order valence-corrected chi connectivity index (χ2v) is 8.09. The molecule has 156 valence electrons. The van der Waals surface area contributed by atoms with Crippen LogP contribution in [0.2, 0.25) is 0 Å². The summed E-state index contributed by atoms with van der Waals surface area (Å²) in [7, 11) is 0. The van der Waals surface area contributed by atoms with E-state index in [4.69, 9.17) is 5.10 Å². The van der Waals surface area contributed by atoms with Crippen LogP contribution in [0.1, 0.15) is 35.2 Å². The number of nitrogens with zero attached hydrogens (tertiary/aromatic N) is 3. The number of carboxylic acid groups (broad SMARTS) is 1. The lowest BCUT2D eigenvalue weighted by Crippen LogP contribution is -2.10. The molecule has 1 aliphatic rings. The number of hydrogen-bond acceptors (Lipinski definition) is 3. The molecule has 5 rings (SSSR count). The molecule has 2 aromatic carbocycles. The fraction of sp³-hybridized carbons (Fsp3) is 0.240. The first-order chi connectivity index (χ1) is 15.0. The normalized spacial score (nSPS) is 13.4. The molecule has 6 heteroatoms. The van der Waals surface area contributed by atoms with E-state index in [1.165, 1.54) is 36.1 Å². The number of aromatic nitrogens is 3. The highest BCUT2D eigenvalue weighted by atomic mass is 19.1. The zero-order valence-electron chi connectivity index (χ0n) is 17.2. The van der Waals surface area contributed by atoms with Crippen molar-refractivity contribution in [2.45, 2.75) is 39.0 Å². The largest absolute Gasteiger partial charge is 0.481 e. The average molecular weight is 415 g/mol. The predicted molar refractivity (Wildman–Crippen MR) is 117 cm³/mol. The summed E-state index contributed by atoms with van der Waals surface area (Å²) in [5, 5.41) is 14.3. The Morgan fingerprint density at radius 3 is 2.48 bits per heavy atom. The van der Waals surface area contributed by atoms with E-state index in [1.54, 1.807) is 23.6 Å². The second kappa shape index (κ2) is 7.61. The fourth-order valence-electron chi connectivity index (χ4n) is 4.45. The Morgan fingerprint density at radius 1 is 1.03 bits per heavy atom. The molecule has 31 heavy (non-hydrogen) atoms. The summed E-state index contributed by atoms with van der Waals surface area (Å²) >= 11 is 0. The van der Waals surface area contributed by atoms with Gasteiger partial charge in [-0.2, -0.15) is 5.10 Å². The van der Waals surface area contributed by atoms with Crippen LogP contribution < -0.4 is 0 Å². The molecular formula is C25H22FN3O2. The first-order valence-electron chi connectivity index (χ1n) is 10.5. The Morgan fingerprint density at radius 2 is 1.74 bits per heavy atom. The molecule has 0 saturated heterocycles.